The first-order chi connectivity index (χ1) is 9.02. The lowest BCUT2D eigenvalue weighted by molar-refractivity contribution is -0.142. The number of anilines is 1. The van der Waals surface area contributed by atoms with Gasteiger partial charge in [-0.25, -0.2) is 5.01 Å². The van der Waals surface area contributed by atoms with Gasteiger partial charge in [0.1, 0.15) is 0 Å². The highest BCUT2D eigenvalue weighted by Crippen LogP contribution is 2.26. The Bertz CT molecular complexity index is 539. The van der Waals surface area contributed by atoms with E-state index in [4.69, 9.17) is 0 Å². The van der Waals surface area contributed by atoms with Gasteiger partial charge in [0, 0.05) is 10.2 Å². The van der Waals surface area contributed by atoms with Gasteiger partial charge >= 0.3 is 5.97 Å². The summed E-state index contributed by atoms with van der Waals surface area (Å²) in [6.07, 6.45) is 0.0255. The molecule has 0 saturated carbocycles. The summed E-state index contributed by atoms with van der Waals surface area (Å²) < 4.78 is 5.52. The normalized spacial score (nSPS) is 18.5. The lowest BCUT2D eigenvalue weighted by Crippen LogP contribution is -2.29. The van der Waals surface area contributed by atoms with Crippen LogP contribution in [0.15, 0.2) is 33.8 Å². The van der Waals surface area contributed by atoms with Gasteiger partial charge in [0.25, 0.3) is 5.91 Å². The van der Waals surface area contributed by atoms with Crippen LogP contribution in [-0.4, -0.2) is 24.7 Å². The molecule has 1 aliphatic heterocycles. The number of ether oxygens (including phenoxy) is 1. The van der Waals surface area contributed by atoms with E-state index < -0.39 is 11.9 Å². The van der Waals surface area contributed by atoms with Gasteiger partial charge in [-0.15, -0.1) is 0 Å². The van der Waals surface area contributed by atoms with Crippen molar-refractivity contribution in [1.82, 2.24) is 0 Å². The Balaban J connectivity index is 2.20. The fourth-order valence-corrected chi connectivity index (χ4v) is 2.12. The standard InChI is InChI=1S/C13H13BrN2O3/c1-8-11(7-12(17)19-2)13(18)16(15-8)10-5-3-9(14)4-6-10/h3-6,11H,7H2,1-2H3. The van der Waals surface area contributed by atoms with Crippen molar-refractivity contribution in [2.24, 2.45) is 11.0 Å². The highest BCUT2D eigenvalue weighted by Gasteiger charge is 2.36. The topological polar surface area (TPSA) is 59.0 Å². The number of halogens is 1. The number of amides is 1. The monoisotopic (exact) mass is 324 g/mol. The number of rotatable bonds is 3. The van der Waals surface area contributed by atoms with E-state index >= 15 is 0 Å². The Morgan fingerprint density at radius 2 is 2.05 bits per heavy atom. The molecular formula is C13H13BrN2O3. The third-order valence-electron chi connectivity index (χ3n) is 2.94. The van der Waals surface area contributed by atoms with E-state index in [1.807, 2.05) is 12.1 Å². The van der Waals surface area contributed by atoms with Gasteiger partial charge in [-0.3, -0.25) is 9.59 Å². The lowest BCUT2D eigenvalue weighted by atomic mass is 10.0. The SMILES string of the molecule is COC(=O)CC1C(=O)N(c2ccc(Br)cc2)N=C1C. The summed E-state index contributed by atoms with van der Waals surface area (Å²) in [5.74, 6) is -1.15. The van der Waals surface area contributed by atoms with E-state index in [9.17, 15) is 9.59 Å². The summed E-state index contributed by atoms with van der Waals surface area (Å²) in [6, 6.07) is 7.25. The van der Waals surface area contributed by atoms with E-state index in [1.165, 1.54) is 12.1 Å². The molecule has 2 rings (SSSR count). The molecule has 1 unspecified atom stereocenters. The van der Waals surface area contributed by atoms with Crippen LogP contribution in [0, 0.1) is 5.92 Å². The summed E-state index contributed by atoms with van der Waals surface area (Å²) in [6.45, 7) is 1.74. The highest BCUT2D eigenvalue weighted by atomic mass is 79.9. The molecule has 0 spiro atoms. The van der Waals surface area contributed by atoms with Crippen LogP contribution in [0.25, 0.3) is 0 Å². The molecule has 0 aliphatic carbocycles. The van der Waals surface area contributed by atoms with Gasteiger partial charge in [-0.2, -0.15) is 5.10 Å². The van der Waals surface area contributed by atoms with E-state index in [1.54, 1.807) is 19.1 Å². The molecule has 0 aromatic heterocycles. The number of methoxy groups -OCH3 is 1. The number of esters is 1. The zero-order valence-electron chi connectivity index (χ0n) is 10.6. The summed E-state index contributed by atoms with van der Waals surface area (Å²) in [7, 11) is 1.31. The molecule has 1 aromatic rings. The summed E-state index contributed by atoms with van der Waals surface area (Å²) in [5.41, 5.74) is 1.30. The summed E-state index contributed by atoms with van der Waals surface area (Å²) >= 11 is 3.33. The minimum atomic E-state index is -0.531. The van der Waals surface area contributed by atoms with Gasteiger partial charge in [-0.1, -0.05) is 15.9 Å². The first-order valence-electron chi connectivity index (χ1n) is 5.74. The second-order valence-corrected chi connectivity index (χ2v) is 5.12. The minimum absolute atomic E-state index is 0.0255. The van der Waals surface area contributed by atoms with Crippen LogP contribution < -0.4 is 5.01 Å². The predicted molar refractivity (Wildman–Crippen MR) is 74.9 cm³/mol. The Hall–Kier alpha value is -1.69. The third-order valence-corrected chi connectivity index (χ3v) is 3.47. The molecule has 1 aliphatic rings. The number of carbonyl (C=O) groups is 2. The van der Waals surface area contributed by atoms with Crippen molar-refractivity contribution in [2.45, 2.75) is 13.3 Å². The molecule has 1 aromatic carbocycles. The Kier molecular flexibility index (Phi) is 3.99. The third kappa shape index (κ3) is 2.84. The Labute approximate surface area is 119 Å². The van der Waals surface area contributed by atoms with Crippen molar-refractivity contribution < 1.29 is 14.3 Å². The molecule has 0 bridgehead atoms. The minimum Gasteiger partial charge on any atom is -0.469 e. The Morgan fingerprint density at radius 3 is 2.63 bits per heavy atom. The van der Waals surface area contributed by atoms with Crippen LogP contribution in [-0.2, 0) is 14.3 Å². The van der Waals surface area contributed by atoms with Crippen molar-refractivity contribution in [3.63, 3.8) is 0 Å². The average molecular weight is 325 g/mol. The Morgan fingerprint density at radius 1 is 1.42 bits per heavy atom. The van der Waals surface area contributed by atoms with Gasteiger partial charge < -0.3 is 4.74 Å². The molecule has 5 nitrogen and oxygen atoms in total. The van der Waals surface area contributed by atoms with Crippen molar-refractivity contribution >= 4 is 39.2 Å². The van der Waals surface area contributed by atoms with Crippen molar-refractivity contribution in [3.05, 3.63) is 28.7 Å². The molecule has 19 heavy (non-hydrogen) atoms. The molecule has 0 saturated heterocycles. The molecule has 1 heterocycles. The van der Waals surface area contributed by atoms with Crippen molar-refractivity contribution in [3.8, 4) is 0 Å². The van der Waals surface area contributed by atoms with E-state index in [-0.39, 0.29) is 12.3 Å². The maximum Gasteiger partial charge on any atom is 0.306 e. The number of benzene rings is 1. The van der Waals surface area contributed by atoms with Crippen LogP contribution in [0.4, 0.5) is 5.69 Å². The van der Waals surface area contributed by atoms with Crippen LogP contribution in [0.5, 0.6) is 0 Å². The maximum absolute atomic E-state index is 12.2. The zero-order valence-corrected chi connectivity index (χ0v) is 12.2. The van der Waals surface area contributed by atoms with E-state index in [0.29, 0.717) is 11.4 Å². The molecule has 1 amide bonds. The van der Waals surface area contributed by atoms with E-state index in [0.717, 1.165) is 4.47 Å². The number of carbonyl (C=O) groups excluding carboxylic acids is 2. The van der Waals surface area contributed by atoms with Crippen LogP contribution in [0.2, 0.25) is 0 Å². The van der Waals surface area contributed by atoms with E-state index in [2.05, 4.69) is 25.8 Å². The quantitative estimate of drug-likeness (QED) is 0.802. The molecule has 1 atom stereocenters. The predicted octanol–water partition coefficient (Wildman–Crippen LogP) is 2.35. The second kappa shape index (κ2) is 5.52. The highest BCUT2D eigenvalue weighted by molar-refractivity contribution is 9.10. The van der Waals surface area contributed by atoms with Crippen molar-refractivity contribution in [1.29, 1.82) is 0 Å². The van der Waals surface area contributed by atoms with Gasteiger partial charge in [-0.05, 0) is 31.2 Å². The number of hydrogen-bond acceptors (Lipinski definition) is 4. The molecule has 0 fully saturated rings. The number of hydrazone groups is 1. The van der Waals surface area contributed by atoms with Crippen molar-refractivity contribution in [2.75, 3.05) is 12.1 Å². The molecule has 100 valence electrons. The molecule has 0 N–H and O–H groups in total. The fourth-order valence-electron chi connectivity index (χ4n) is 1.86. The maximum atomic E-state index is 12.2. The van der Waals surface area contributed by atoms with Gasteiger partial charge in [0.15, 0.2) is 0 Å². The zero-order chi connectivity index (χ0) is 14.0. The van der Waals surface area contributed by atoms with Gasteiger partial charge in [0.2, 0.25) is 0 Å². The summed E-state index contributed by atoms with van der Waals surface area (Å²) in [4.78, 5) is 23.5. The molecule has 0 radical (unpaired) electrons. The first kappa shape index (κ1) is 13.7. The number of hydrogen-bond donors (Lipinski definition) is 0. The first-order valence-corrected chi connectivity index (χ1v) is 6.53. The van der Waals surface area contributed by atoms with Crippen LogP contribution in [0.3, 0.4) is 0 Å². The van der Waals surface area contributed by atoms with Crippen LogP contribution in [0.1, 0.15) is 13.3 Å². The van der Waals surface area contributed by atoms with Gasteiger partial charge in [0.05, 0.1) is 25.1 Å². The fraction of sp³-hybridized carbons (Fsp3) is 0.308. The number of nitrogens with zero attached hydrogens (tertiary/aromatic N) is 2. The molecular weight excluding hydrogens is 312 g/mol. The average Bonchev–Trinajstić information content (AvgIpc) is 2.67. The largest absolute Gasteiger partial charge is 0.469 e. The smallest absolute Gasteiger partial charge is 0.306 e. The second-order valence-electron chi connectivity index (χ2n) is 4.20. The van der Waals surface area contributed by atoms with Crippen LogP contribution >= 0.6 is 15.9 Å². The molecule has 6 heteroatoms. The lowest BCUT2D eigenvalue weighted by Gasteiger charge is -2.13. The summed E-state index contributed by atoms with van der Waals surface area (Å²) in [5, 5.41) is 5.54.